The summed E-state index contributed by atoms with van der Waals surface area (Å²) in [7, 11) is 0. The van der Waals surface area contributed by atoms with Crippen LogP contribution >= 0.6 is 0 Å². The van der Waals surface area contributed by atoms with E-state index in [1.54, 1.807) is 0 Å². The second kappa shape index (κ2) is 5.09. The second-order valence-electron chi connectivity index (χ2n) is 4.67. The Balaban J connectivity index is 1.87. The third-order valence-electron chi connectivity index (χ3n) is 3.38. The van der Waals surface area contributed by atoms with Gasteiger partial charge in [-0.1, -0.05) is 48.6 Å². The first-order chi connectivity index (χ1) is 8.93. The first-order valence-corrected chi connectivity index (χ1v) is 6.49. The predicted molar refractivity (Wildman–Crippen MR) is 76.7 cm³/mol. The van der Waals surface area contributed by atoms with Crippen LogP contribution in [0.5, 0.6) is 0 Å². The van der Waals surface area contributed by atoms with Crippen LogP contribution in [0.4, 0.5) is 0 Å². The fourth-order valence-electron chi connectivity index (χ4n) is 2.44. The molecule has 0 aromatic carbocycles. The van der Waals surface area contributed by atoms with E-state index in [0.29, 0.717) is 5.92 Å². The van der Waals surface area contributed by atoms with Crippen molar-refractivity contribution in [2.45, 2.75) is 12.8 Å². The molecule has 0 heterocycles. The lowest BCUT2D eigenvalue weighted by Crippen LogP contribution is -2.18. The molecule has 0 saturated heterocycles. The molecule has 18 heavy (non-hydrogen) atoms. The van der Waals surface area contributed by atoms with Crippen molar-refractivity contribution in [3.8, 4) is 0 Å². The summed E-state index contributed by atoms with van der Waals surface area (Å²) in [6.07, 6.45) is 26.0. The number of rotatable bonds is 2. The fourth-order valence-corrected chi connectivity index (χ4v) is 2.44. The molecule has 90 valence electrons. The van der Waals surface area contributed by atoms with Gasteiger partial charge >= 0.3 is 0 Å². The summed E-state index contributed by atoms with van der Waals surface area (Å²) in [4.78, 5) is 0. The average molecular weight is 235 g/mol. The standard InChI is InChI=1S/C17H17N/c1-2-4-11-15(10-3-1)18-17-13-7-9-14-8-5-6-12-16(14)17/h1,3-8,10-14,18H,2,9H2. The Morgan fingerprint density at radius 3 is 2.94 bits per heavy atom. The van der Waals surface area contributed by atoms with Crippen LogP contribution in [0.3, 0.4) is 0 Å². The lowest BCUT2D eigenvalue weighted by atomic mass is 9.86. The molecule has 0 fully saturated rings. The van der Waals surface area contributed by atoms with Crippen LogP contribution in [0.2, 0.25) is 0 Å². The van der Waals surface area contributed by atoms with E-state index in [1.807, 2.05) is 0 Å². The lowest BCUT2D eigenvalue weighted by molar-refractivity contribution is 0.752. The van der Waals surface area contributed by atoms with E-state index < -0.39 is 0 Å². The summed E-state index contributed by atoms with van der Waals surface area (Å²) < 4.78 is 0. The molecule has 3 rings (SSSR count). The van der Waals surface area contributed by atoms with Crippen molar-refractivity contribution in [1.29, 1.82) is 0 Å². The van der Waals surface area contributed by atoms with Gasteiger partial charge in [0.25, 0.3) is 0 Å². The molecular formula is C17H17N. The fraction of sp³-hybridized carbons (Fsp3) is 0.176. The van der Waals surface area contributed by atoms with Crippen molar-refractivity contribution in [2.24, 2.45) is 5.92 Å². The van der Waals surface area contributed by atoms with Crippen LogP contribution in [0, 0.1) is 5.92 Å². The monoisotopic (exact) mass is 235 g/mol. The molecule has 1 atom stereocenters. The largest absolute Gasteiger partial charge is 0.355 e. The Bertz CT molecular complexity index is 536. The second-order valence-corrected chi connectivity index (χ2v) is 4.67. The normalized spacial score (nSPS) is 24.9. The highest BCUT2D eigenvalue weighted by Gasteiger charge is 2.17. The minimum atomic E-state index is 0.536. The molecule has 1 N–H and O–H groups in total. The molecule has 0 saturated carbocycles. The maximum atomic E-state index is 3.53. The summed E-state index contributed by atoms with van der Waals surface area (Å²) >= 11 is 0. The first kappa shape index (κ1) is 11.1. The van der Waals surface area contributed by atoms with Crippen molar-refractivity contribution in [2.75, 3.05) is 0 Å². The third-order valence-corrected chi connectivity index (χ3v) is 3.38. The van der Waals surface area contributed by atoms with Gasteiger partial charge in [0.2, 0.25) is 0 Å². The van der Waals surface area contributed by atoms with Crippen LogP contribution in [-0.4, -0.2) is 0 Å². The maximum Gasteiger partial charge on any atom is 0.0419 e. The Kier molecular flexibility index (Phi) is 3.14. The van der Waals surface area contributed by atoms with Crippen molar-refractivity contribution >= 4 is 0 Å². The highest BCUT2D eigenvalue weighted by atomic mass is 14.9. The van der Waals surface area contributed by atoms with Crippen LogP contribution in [-0.2, 0) is 0 Å². The predicted octanol–water partition coefficient (Wildman–Crippen LogP) is 3.93. The molecular weight excluding hydrogens is 218 g/mol. The molecule has 0 amide bonds. The van der Waals surface area contributed by atoms with Gasteiger partial charge in [-0.3, -0.25) is 0 Å². The number of hydrogen-bond donors (Lipinski definition) is 1. The number of nitrogens with one attached hydrogen (secondary N) is 1. The highest BCUT2D eigenvalue weighted by molar-refractivity contribution is 5.45. The number of allylic oxidation sites excluding steroid dienone is 12. The van der Waals surface area contributed by atoms with Crippen molar-refractivity contribution in [3.63, 3.8) is 0 Å². The molecule has 0 radical (unpaired) electrons. The molecule has 0 spiro atoms. The zero-order valence-electron chi connectivity index (χ0n) is 10.3. The van der Waals surface area contributed by atoms with Crippen molar-refractivity contribution in [3.05, 3.63) is 83.8 Å². The minimum Gasteiger partial charge on any atom is -0.355 e. The average Bonchev–Trinajstić information content (AvgIpc) is 2.68. The number of hydrogen-bond acceptors (Lipinski definition) is 1. The van der Waals surface area contributed by atoms with Gasteiger partial charge in [-0.25, -0.2) is 0 Å². The van der Waals surface area contributed by atoms with Gasteiger partial charge in [-0.05, 0) is 36.6 Å². The molecule has 3 aliphatic carbocycles. The Labute approximate surface area is 108 Å². The lowest BCUT2D eigenvalue weighted by Gasteiger charge is -2.23. The van der Waals surface area contributed by atoms with E-state index in [0.717, 1.165) is 18.5 Å². The van der Waals surface area contributed by atoms with Gasteiger partial charge in [0.15, 0.2) is 0 Å². The Morgan fingerprint density at radius 2 is 1.94 bits per heavy atom. The molecule has 0 aliphatic heterocycles. The molecule has 0 aromatic heterocycles. The van der Waals surface area contributed by atoms with Crippen molar-refractivity contribution < 1.29 is 0 Å². The van der Waals surface area contributed by atoms with E-state index in [1.165, 1.54) is 11.3 Å². The van der Waals surface area contributed by atoms with Crippen LogP contribution in [0.25, 0.3) is 0 Å². The van der Waals surface area contributed by atoms with Crippen LogP contribution in [0.15, 0.2) is 83.8 Å². The topological polar surface area (TPSA) is 12.0 Å². The quantitative estimate of drug-likeness (QED) is 0.764. The van der Waals surface area contributed by atoms with E-state index in [9.17, 15) is 0 Å². The highest BCUT2D eigenvalue weighted by Crippen LogP contribution is 2.29. The van der Waals surface area contributed by atoms with Gasteiger partial charge < -0.3 is 5.32 Å². The van der Waals surface area contributed by atoms with Gasteiger partial charge in [-0.15, -0.1) is 0 Å². The van der Waals surface area contributed by atoms with Gasteiger partial charge in [0.05, 0.1) is 0 Å². The van der Waals surface area contributed by atoms with Gasteiger partial charge in [0.1, 0.15) is 0 Å². The molecule has 0 aromatic rings. The van der Waals surface area contributed by atoms with Crippen LogP contribution in [0.1, 0.15) is 12.8 Å². The molecule has 1 nitrogen and oxygen atoms in total. The summed E-state index contributed by atoms with van der Waals surface area (Å²) in [6.45, 7) is 0. The minimum absolute atomic E-state index is 0.536. The summed E-state index contributed by atoms with van der Waals surface area (Å²) in [6, 6.07) is 0. The molecule has 3 aliphatic rings. The number of fused-ring (bicyclic) bond motifs is 1. The van der Waals surface area contributed by atoms with E-state index in [2.05, 4.69) is 72.2 Å². The van der Waals surface area contributed by atoms with E-state index in [4.69, 9.17) is 0 Å². The van der Waals surface area contributed by atoms with Gasteiger partial charge in [0, 0.05) is 17.3 Å². The maximum absolute atomic E-state index is 3.53. The van der Waals surface area contributed by atoms with E-state index >= 15 is 0 Å². The molecule has 1 heteroatoms. The zero-order chi connectivity index (χ0) is 12.2. The molecule has 1 unspecified atom stereocenters. The van der Waals surface area contributed by atoms with Crippen LogP contribution < -0.4 is 5.32 Å². The first-order valence-electron chi connectivity index (χ1n) is 6.49. The SMILES string of the molecule is C1=CCC=CC(NC2=C3C=CC=CC3CC=C2)=C1. The van der Waals surface area contributed by atoms with E-state index in [-0.39, 0.29) is 0 Å². The molecule has 0 bridgehead atoms. The third kappa shape index (κ3) is 2.30. The Hall–Kier alpha value is -2.02. The zero-order valence-corrected chi connectivity index (χ0v) is 10.3. The Morgan fingerprint density at radius 1 is 0.944 bits per heavy atom. The summed E-state index contributed by atoms with van der Waals surface area (Å²) in [5, 5.41) is 3.53. The van der Waals surface area contributed by atoms with Gasteiger partial charge in [-0.2, -0.15) is 0 Å². The smallest absolute Gasteiger partial charge is 0.0419 e. The van der Waals surface area contributed by atoms with Crippen molar-refractivity contribution in [1.82, 2.24) is 5.32 Å². The summed E-state index contributed by atoms with van der Waals surface area (Å²) in [5.41, 5.74) is 3.76. The summed E-state index contributed by atoms with van der Waals surface area (Å²) in [5.74, 6) is 0.536.